The van der Waals surface area contributed by atoms with Crippen LogP contribution in [0.3, 0.4) is 0 Å². The summed E-state index contributed by atoms with van der Waals surface area (Å²) >= 11 is 0. The highest BCUT2D eigenvalue weighted by Crippen LogP contribution is 2.27. The van der Waals surface area contributed by atoms with Crippen molar-refractivity contribution in [2.75, 3.05) is 6.61 Å². The molecule has 0 radical (unpaired) electrons. The van der Waals surface area contributed by atoms with Crippen molar-refractivity contribution in [2.24, 2.45) is 7.05 Å². The van der Waals surface area contributed by atoms with Crippen molar-refractivity contribution in [3.8, 4) is 0 Å². The normalized spacial score (nSPS) is 12.3. The molecule has 26 heavy (non-hydrogen) atoms. The minimum atomic E-state index is -0.314. The molecule has 0 aliphatic rings. The van der Waals surface area contributed by atoms with Crippen LogP contribution in [0.4, 0.5) is 0 Å². The van der Waals surface area contributed by atoms with E-state index in [0.29, 0.717) is 12.1 Å². The number of carbonyl (C=O) groups is 1. The van der Waals surface area contributed by atoms with Gasteiger partial charge >= 0.3 is 0 Å². The molecule has 0 aliphatic carbocycles. The predicted molar refractivity (Wildman–Crippen MR) is 106 cm³/mol. The van der Waals surface area contributed by atoms with E-state index in [-0.39, 0.29) is 18.6 Å². The van der Waals surface area contributed by atoms with E-state index in [1.165, 1.54) is 11.1 Å². The summed E-state index contributed by atoms with van der Waals surface area (Å²) in [5, 5.41) is 13.8. The lowest BCUT2D eigenvalue weighted by atomic mass is 10.0. The minimum absolute atomic E-state index is 0.0954. The number of aromatic nitrogens is 1. The number of benzene rings is 2. The van der Waals surface area contributed by atoms with Crippen molar-refractivity contribution in [1.82, 2.24) is 9.88 Å². The largest absolute Gasteiger partial charge is 0.394 e. The molecule has 1 heterocycles. The number of aryl methyl sites for hydroxylation is 4. The Labute approximate surface area is 154 Å². The van der Waals surface area contributed by atoms with E-state index in [1.54, 1.807) is 0 Å². The highest BCUT2D eigenvalue weighted by atomic mass is 16.3. The van der Waals surface area contributed by atoms with E-state index in [4.69, 9.17) is 0 Å². The van der Waals surface area contributed by atoms with Gasteiger partial charge in [0.15, 0.2) is 0 Å². The van der Waals surface area contributed by atoms with Crippen molar-refractivity contribution in [3.05, 3.63) is 70.4 Å². The van der Waals surface area contributed by atoms with Gasteiger partial charge in [-0.3, -0.25) is 4.79 Å². The summed E-state index contributed by atoms with van der Waals surface area (Å²) in [6.45, 7) is 6.06. The summed E-state index contributed by atoms with van der Waals surface area (Å²) in [7, 11) is 1.92. The van der Waals surface area contributed by atoms with Crippen molar-refractivity contribution in [3.63, 3.8) is 0 Å². The summed E-state index contributed by atoms with van der Waals surface area (Å²) in [5.41, 5.74) is 6.19. The SMILES string of the molecule is Cc1cc2c(C)c(C(=O)N[C@H](CO)Cc3ccccc3)n(C)c2cc1C. The molecule has 1 amide bonds. The standard InChI is InChI=1S/C22H26N2O2/c1-14-10-19-16(3)21(24(4)20(19)11-15(14)2)22(26)23-18(13-25)12-17-8-6-5-7-9-17/h5-11,18,25H,12-13H2,1-4H3,(H,23,26)/t18-/m0/s1. The van der Waals surface area contributed by atoms with Gasteiger partial charge in [0.1, 0.15) is 5.69 Å². The number of nitrogens with zero attached hydrogens (tertiary/aromatic N) is 1. The zero-order valence-corrected chi connectivity index (χ0v) is 15.8. The van der Waals surface area contributed by atoms with Crippen LogP contribution in [-0.4, -0.2) is 28.2 Å². The molecule has 3 aromatic rings. The van der Waals surface area contributed by atoms with Crippen LogP contribution in [0.5, 0.6) is 0 Å². The number of hydrogen-bond acceptors (Lipinski definition) is 2. The molecule has 4 heteroatoms. The third-order valence-corrected chi connectivity index (χ3v) is 5.16. The lowest BCUT2D eigenvalue weighted by Crippen LogP contribution is -2.40. The summed E-state index contributed by atoms with van der Waals surface area (Å²) in [4.78, 5) is 12.9. The Morgan fingerprint density at radius 1 is 1.12 bits per heavy atom. The Morgan fingerprint density at radius 2 is 1.77 bits per heavy atom. The first kappa shape index (κ1) is 18.2. The molecule has 0 saturated carbocycles. The molecule has 136 valence electrons. The summed E-state index contributed by atoms with van der Waals surface area (Å²) in [6.07, 6.45) is 0.601. The van der Waals surface area contributed by atoms with Gasteiger partial charge < -0.3 is 15.0 Å². The summed E-state index contributed by atoms with van der Waals surface area (Å²) in [6, 6.07) is 13.8. The molecular weight excluding hydrogens is 324 g/mol. The predicted octanol–water partition coefficient (Wildman–Crippen LogP) is 3.44. The first-order valence-electron chi connectivity index (χ1n) is 8.94. The number of hydrogen-bond donors (Lipinski definition) is 2. The number of carbonyl (C=O) groups excluding carboxylic acids is 1. The van der Waals surface area contributed by atoms with E-state index < -0.39 is 0 Å². The zero-order chi connectivity index (χ0) is 18.8. The third-order valence-electron chi connectivity index (χ3n) is 5.16. The van der Waals surface area contributed by atoms with Crippen LogP contribution in [0, 0.1) is 20.8 Å². The fourth-order valence-corrected chi connectivity index (χ4v) is 3.51. The lowest BCUT2D eigenvalue weighted by molar-refractivity contribution is 0.0908. The molecule has 0 aliphatic heterocycles. The highest BCUT2D eigenvalue weighted by Gasteiger charge is 2.21. The molecule has 2 N–H and O–H groups in total. The molecule has 0 unspecified atom stereocenters. The maximum atomic E-state index is 12.9. The molecule has 3 rings (SSSR count). The van der Waals surface area contributed by atoms with Gasteiger partial charge in [-0.15, -0.1) is 0 Å². The molecule has 0 spiro atoms. The van der Waals surface area contributed by atoms with Crippen LogP contribution in [-0.2, 0) is 13.5 Å². The second-order valence-corrected chi connectivity index (χ2v) is 7.03. The molecule has 1 atom stereocenters. The quantitative estimate of drug-likeness (QED) is 0.741. The van der Waals surface area contributed by atoms with Crippen molar-refractivity contribution < 1.29 is 9.90 Å². The molecule has 0 saturated heterocycles. The maximum Gasteiger partial charge on any atom is 0.268 e. The fraction of sp³-hybridized carbons (Fsp3) is 0.318. The van der Waals surface area contributed by atoms with Crippen LogP contribution < -0.4 is 5.32 Å². The Bertz CT molecular complexity index is 897. The van der Waals surface area contributed by atoms with Crippen LogP contribution in [0.1, 0.15) is 32.7 Å². The Morgan fingerprint density at radius 3 is 2.42 bits per heavy atom. The molecule has 4 nitrogen and oxygen atoms in total. The third kappa shape index (κ3) is 3.37. The Hall–Kier alpha value is -2.59. The van der Waals surface area contributed by atoms with Gasteiger partial charge in [-0.2, -0.15) is 0 Å². The summed E-state index contributed by atoms with van der Waals surface area (Å²) in [5.74, 6) is -0.147. The first-order valence-corrected chi connectivity index (χ1v) is 8.94. The average molecular weight is 350 g/mol. The van der Waals surface area contributed by atoms with Crippen LogP contribution >= 0.6 is 0 Å². The van der Waals surface area contributed by atoms with Crippen molar-refractivity contribution in [2.45, 2.75) is 33.2 Å². The van der Waals surface area contributed by atoms with Gasteiger partial charge in [0.25, 0.3) is 5.91 Å². The Kier molecular flexibility index (Phi) is 5.14. The lowest BCUT2D eigenvalue weighted by Gasteiger charge is -2.17. The van der Waals surface area contributed by atoms with E-state index in [1.807, 2.05) is 48.9 Å². The van der Waals surface area contributed by atoms with Gasteiger partial charge in [-0.05, 0) is 61.6 Å². The van der Waals surface area contributed by atoms with Gasteiger partial charge in [0.05, 0.1) is 12.6 Å². The molecular formula is C22H26N2O2. The zero-order valence-electron chi connectivity index (χ0n) is 15.8. The van der Waals surface area contributed by atoms with E-state index in [9.17, 15) is 9.90 Å². The maximum absolute atomic E-state index is 12.9. The molecule has 0 fully saturated rings. The highest BCUT2D eigenvalue weighted by molar-refractivity contribution is 6.02. The molecule has 2 aromatic carbocycles. The number of nitrogens with one attached hydrogen (secondary N) is 1. The van der Waals surface area contributed by atoms with Gasteiger partial charge in [0, 0.05) is 18.0 Å². The average Bonchev–Trinajstić information content (AvgIpc) is 2.86. The van der Waals surface area contributed by atoms with E-state index in [2.05, 4.69) is 31.3 Å². The van der Waals surface area contributed by atoms with Gasteiger partial charge in [0.2, 0.25) is 0 Å². The number of aliphatic hydroxyl groups is 1. The Balaban J connectivity index is 1.89. The second kappa shape index (κ2) is 7.34. The number of aliphatic hydroxyl groups excluding tert-OH is 1. The van der Waals surface area contributed by atoms with Gasteiger partial charge in [-0.1, -0.05) is 30.3 Å². The van der Waals surface area contributed by atoms with E-state index in [0.717, 1.165) is 22.0 Å². The minimum Gasteiger partial charge on any atom is -0.394 e. The van der Waals surface area contributed by atoms with Crippen molar-refractivity contribution in [1.29, 1.82) is 0 Å². The monoisotopic (exact) mass is 350 g/mol. The number of rotatable bonds is 5. The topological polar surface area (TPSA) is 54.3 Å². The fourth-order valence-electron chi connectivity index (χ4n) is 3.51. The van der Waals surface area contributed by atoms with Crippen LogP contribution in [0.25, 0.3) is 10.9 Å². The number of amides is 1. The summed E-state index contributed by atoms with van der Waals surface area (Å²) < 4.78 is 1.95. The van der Waals surface area contributed by atoms with Crippen LogP contribution in [0.2, 0.25) is 0 Å². The molecule has 0 bridgehead atoms. The second-order valence-electron chi connectivity index (χ2n) is 7.03. The first-order chi connectivity index (χ1) is 12.4. The smallest absolute Gasteiger partial charge is 0.268 e. The number of fused-ring (bicyclic) bond motifs is 1. The van der Waals surface area contributed by atoms with Gasteiger partial charge in [-0.25, -0.2) is 0 Å². The van der Waals surface area contributed by atoms with Crippen molar-refractivity contribution >= 4 is 16.8 Å². The van der Waals surface area contributed by atoms with Crippen LogP contribution in [0.15, 0.2) is 42.5 Å². The molecule has 1 aromatic heterocycles. The van der Waals surface area contributed by atoms with E-state index >= 15 is 0 Å².